The van der Waals surface area contributed by atoms with E-state index in [2.05, 4.69) is 0 Å². The molecule has 116 valence electrons. The highest BCUT2D eigenvalue weighted by molar-refractivity contribution is 5.82. The van der Waals surface area contributed by atoms with Crippen molar-refractivity contribution in [3.63, 3.8) is 0 Å². The SMILES string of the molecule is O=C(O)CN(CC(=O)O)Cc1c(O)ccc2ccc(=O)oc12. The van der Waals surface area contributed by atoms with E-state index in [0.717, 1.165) is 4.90 Å². The number of carboxylic acids is 2. The number of phenolic OH excluding ortho intramolecular Hbond substituents is 1. The number of nitrogens with zero attached hydrogens (tertiary/aromatic N) is 1. The number of carbonyl (C=O) groups is 2. The Kier molecular flexibility index (Phi) is 4.42. The Morgan fingerprint density at radius 1 is 1.05 bits per heavy atom. The van der Waals surface area contributed by atoms with Crippen molar-refractivity contribution in [2.24, 2.45) is 0 Å². The molecule has 0 unspecified atom stereocenters. The van der Waals surface area contributed by atoms with Crippen LogP contribution in [0.5, 0.6) is 5.75 Å². The molecule has 3 N–H and O–H groups in total. The summed E-state index contributed by atoms with van der Waals surface area (Å²) < 4.78 is 5.05. The maximum Gasteiger partial charge on any atom is 0.336 e. The Bertz CT molecular complexity index is 764. The first-order chi connectivity index (χ1) is 10.4. The normalized spacial score (nSPS) is 11.0. The van der Waals surface area contributed by atoms with Crippen LogP contribution in [0.4, 0.5) is 0 Å². The molecule has 0 fully saturated rings. The van der Waals surface area contributed by atoms with Gasteiger partial charge in [0.15, 0.2) is 0 Å². The summed E-state index contributed by atoms with van der Waals surface area (Å²) in [6, 6.07) is 5.63. The number of carboxylic acid groups (broad SMARTS) is 2. The van der Waals surface area contributed by atoms with Crippen molar-refractivity contribution >= 4 is 22.9 Å². The van der Waals surface area contributed by atoms with E-state index < -0.39 is 30.7 Å². The van der Waals surface area contributed by atoms with Crippen LogP contribution in [0, 0.1) is 0 Å². The highest BCUT2D eigenvalue weighted by Gasteiger charge is 2.18. The van der Waals surface area contributed by atoms with Crippen molar-refractivity contribution < 1.29 is 29.3 Å². The summed E-state index contributed by atoms with van der Waals surface area (Å²) in [5.74, 6) is -2.62. The molecule has 0 aliphatic carbocycles. The molecule has 0 spiro atoms. The van der Waals surface area contributed by atoms with Crippen LogP contribution >= 0.6 is 0 Å². The number of benzene rings is 1. The Morgan fingerprint density at radius 2 is 1.64 bits per heavy atom. The lowest BCUT2D eigenvalue weighted by Gasteiger charge is -2.19. The van der Waals surface area contributed by atoms with Crippen LogP contribution in [0.2, 0.25) is 0 Å². The second-order valence-corrected chi connectivity index (χ2v) is 4.67. The molecule has 0 amide bonds. The smallest absolute Gasteiger partial charge is 0.336 e. The van der Waals surface area contributed by atoms with Gasteiger partial charge in [-0.3, -0.25) is 14.5 Å². The summed E-state index contributed by atoms with van der Waals surface area (Å²) in [5, 5.41) is 28.1. The number of aromatic hydroxyl groups is 1. The summed E-state index contributed by atoms with van der Waals surface area (Å²) in [6.45, 7) is -1.24. The molecule has 0 saturated carbocycles. The van der Waals surface area contributed by atoms with Gasteiger partial charge in [0, 0.05) is 18.0 Å². The molecule has 22 heavy (non-hydrogen) atoms. The van der Waals surface area contributed by atoms with Crippen molar-refractivity contribution in [1.29, 1.82) is 0 Å². The fourth-order valence-corrected chi connectivity index (χ4v) is 2.11. The van der Waals surface area contributed by atoms with E-state index in [1.54, 1.807) is 0 Å². The first kappa shape index (κ1) is 15.5. The van der Waals surface area contributed by atoms with E-state index in [0.29, 0.717) is 5.39 Å². The predicted molar refractivity (Wildman–Crippen MR) is 74.7 cm³/mol. The quantitative estimate of drug-likeness (QED) is 0.657. The standard InChI is InChI=1S/C14H13NO7/c16-10-3-1-8-2-4-13(21)22-14(8)9(10)5-15(6-11(17)18)7-12(19)20/h1-4,16H,5-7H2,(H,17,18)(H,19,20). The molecule has 1 heterocycles. The van der Waals surface area contributed by atoms with Gasteiger partial charge in [0.2, 0.25) is 0 Å². The van der Waals surface area contributed by atoms with Gasteiger partial charge < -0.3 is 19.7 Å². The van der Waals surface area contributed by atoms with E-state index in [4.69, 9.17) is 14.6 Å². The summed E-state index contributed by atoms with van der Waals surface area (Å²) in [5.41, 5.74) is -0.353. The third kappa shape index (κ3) is 3.61. The summed E-state index contributed by atoms with van der Waals surface area (Å²) in [7, 11) is 0. The highest BCUT2D eigenvalue weighted by atomic mass is 16.4. The zero-order valence-electron chi connectivity index (χ0n) is 11.4. The first-order valence-corrected chi connectivity index (χ1v) is 6.27. The van der Waals surface area contributed by atoms with E-state index in [1.807, 2.05) is 0 Å². The summed E-state index contributed by atoms with van der Waals surface area (Å²) in [4.78, 5) is 34.1. The maximum atomic E-state index is 11.3. The zero-order valence-corrected chi connectivity index (χ0v) is 11.4. The van der Waals surface area contributed by atoms with Crippen LogP contribution in [0.3, 0.4) is 0 Å². The van der Waals surface area contributed by atoms with Crippen LogP contribution in [-0.4, -0.2) is 45.2 Å². The van der Waals surface area contributed by atoms with Crippen molar-refractivity contribution in [1.82, 2.24) is 4.90 Å². The number of fused-ring (bicyclic) bond motifs is 1. The van der Waals surface area contributed by atoms with Crippen LogP contribution in [0.1, 0.15) is 5.56 Å². The molecule has 0 bridgehead atoms. The van der Waals surface area contributed by atoms with E-state index >= 15 is 0 Å². The predicted octanol–water partition coefficient (Wildman–Crippen LogP) is 0.470. The number of phenols is 1. The first-order valence-electron chi connectivity index (χ1n) is 6.27. The van der Waals surface area contributed by atoms with Gasteiger partial charge in [0.1, 0.15) is 11.3 Å². The van der Waals surface area contributed by atoms with Gasteiger partial charge in [0.25, 0.3) is 0 Å². The van der Waals surface area contributed by atoms with E-state index in [-0.39, 0.29) is 23.4 Å². The largest absolute Gasteiger partial charge is 0.507 e. The minimum absolute atomic E-state index is 0.105. The van der Waals surface area contributed by atoms with Gasteiger partial charge in [-0.15, -0.1) is 0 Å². The van der Waals surface area contributed by atoms with Crippen molar-refractivity contribution in [2.75, 3.05) is 13.1 Å². The summed E-state index contributed by atoms with van der Waals surface area (Å²) in [6.07, 6.45) is 0. The van der Waals surface area contributed by atoms with Gasteiger partial charge >= 0.3 is 17.6 Å². The van der Waals surface area contributed by atoms with Gasteiger partial charge in [-0.05, 0) is 18.2 Å². The number of rotatable bonds is 6. The highest BCUT2D eigenvalue weighted by Crippen LogP contribution is 2.27. The summed E-state index contributed by atoms with van der Waals surface area (Å²) >= 11 is 0. The molecule has 2 rings (SSSR count). The minimum Gasteiger partial charge on any atom is -0.507 e. The molecule has 8 nitrogen and oxygen atoms in total. The number of hydrogen-bond donors (Lipinski definition) is 3. The number of hydrogen-bond acceptors (Lipinski definition) is 6. The third-order valence-corrected chi connectivity index (χ3v) is 2.97. The molecule has 0 aliphatic heterocycles. The van der Waals surface area contributed by atoms with Crippen molar-refractivity contribution in [3.05, 3.63) is 40.2 Å². The second kappa shape index (κ2) is 6.27. The molecular formula is C14H13NO7. The van der Waals surface area contributed by atoms with Crippen LogP contribution in [0.25, 0.3) is 11.0 Å². The fourth-order valence-electron chi connectivity index (χ4n) is 2.11. The lowest BCUT2D eigenvalue weighted by Crippen LogP contribution is -2.34. The van der Waals surface area contributed by atoms with Crippen LogP contribution in [-0.2, 0) is 16.1 Å². The van der Waals surface area contributed by atoms with Gasteiger partial charge in [-0.2, -0.15) is 0 Å². The molecule has 0 atom stereocenters. The fraction of sp³-hybridized carbons (Fsp3) is 0.214. The monoisotopic (exact) mass is 307 g/mol. The maximum absolute atomic E-state index is 11.3. The Morgan fingerprint density at radius 3 is 2.23 bits per heavy atom. The van der Waals surface area contributed by atoms with Crippen molar-refractivity contribution in [2.45, 2.75) is 6.54 Å². The molecular weight excluding hydrogens is 294 g/mol. The number of aliphatic carboxylic acids is 2. The van der Waals surface area contributed by atoms with Crippen molar-refractivity contribution in [3.8, 4) is 5.75 Å². The molecule has 0 radical (unpaired) electrons. The molecule has 8 heteroatoms. The molecule has 1 aromatic heterocycles. The average Bonchev–Trinajstić information content (AvgIpc) is 2.40. The Hall–Kier alpha value is -2.87. The molecule has 0 aliphatic rings. The van der Waals surface area contributed by atoms with Crippen LogP contribution in [0.15, 0.2) is 33.5 Å². The Balaban J connectivity index is 2.45. The lowest BCUT2D eigenvalue weighted by molar-refractivity contribution is -0.142. The topological polar surface area (TPSA) is 128 Å². The third-order valence-electron chi connectivity index (χ3n) is 2.97. The molecule has 2 aromatic rings. The molecule has 1 aromatic carbocycles. The second-order valence-electron chi connectivity index (χ2n) is 4.67. The Labute approximate surface area is 123 Å². The lowest BCUT2D eigenvalue weighted by atomic mass is 10.1. The van der Waals surface area contributed by atoms with E-state index in [1.165, 1.54) is 24.3 Å². The van der Waals surface area contributed by atoms with Gasteiger partial charge in [-0.1, -0.05) is 0 Å². The zero-order chi connectivity index (χ0) is 16.3. The van der Waals surface area contributed by atoms with E-state index in [9.17, 15) is 19.5 Å². The minimum atomic E-state index is -1.21. The van der Waals surface area contributed by atoms with Crippen LogP contribution < -0.4 is 5.63 Å². The van der Waals surface area contributed by atoms with Gasteiger partial charge in [0.05, 0.1) is 18.7 Å². The average molecular weight is 307 g/mol. The molecule has 0 saturated heterocycles. The van der Waals surface area contributed by atoms with Gasteiger partial charge in [-0.25, -0.2) is 4.79 Å².